The second-order valence-electron chi connectivity index (χ2n) is 8.95. The van der Waals surface area contributed by atoms with Gasteiger partial charge in [0.2, 0.25) is 11.9 Å². The fraction of sp³-hybridized carbons (Fsp3) is 0.370. The standard InChI is InChI=1S/C27H29F3N6O6/c1-6-36(7-2)10-11-41-18-9-8-17-20(22(18)42-24(38)27(28,29)30)23(37)34-26(32-17)35-25-31-14(3)16-12-15(39-4)13-19(40-5)21(16)33-25/h8-9,12-13H,6-7,10-11H2,1-5H3,(H2,31,32,33,34,35,37). The number of benzene rings is 2. The molecular formula is C27H29F3N6O6. The molecule has 0 radical (unpaired) electrons. The van der Waals surface area contributed by atoms with E-state index in [0.29, 0.717) is 34.6 Å². The summed E-state index contributed by atoms with van der Waals surface area (Å²) in [6.07, 6.45) is -5.31. The van der Waals surface area contributed by atoms with Gasteiger partial charge in [0, 0.05) is 18.0 Å². The Labute approximate surface area is 237 Å². The lowest BCUT2D eigenvalue weighted by Crippen LogP contribution is -2.29. The molecule has 0 atom stereocenters. The van der Waals surface area contributed by atoms with Crippen molar-refractivity contribution in [3.05, 3.63) is 40.3 Å². The third-order valence-electron chi connectivity index (χ3n) is 6.39. The molecule has 42 heavy (non-hydrogen) atoms. The van der Waals surface area contributed by atoms with Crippen LogP contribution in [0.15, 0.2) is 29.1 Å². The largest absolute Gasteiger partial charge is 0.497 e. The van der Waals surface area contributed by atoms with E-state index in [4.69, 9.17) is 14.2 Å². The van der Waals surface area contributed by atoms with Crippen molar-refractivity contribution in [3.8, 4) is 23.0 Å². The van der Waals surface area contributed by atoms with Crippen LogP contribution in [-0.4, -0.2) is 77.4 Å². The van der Waals surface area contributed by atoms with Crippen LogP contribution in [0.25, 0.3) is 21.8 Å². The summed E-state index contributed by atoms with van der Waals surface area (Å²) in [5, 5.41) is 3.08. The number of methoxy groups -OCH3 is 2. The van der Waals surface area contributed by atoms with Gasteiger partial charge in [0.15, 0.2) is 11.5 Å². The summed E-state index contributed by atoms with van der Waals surface area (Å²) in [4.78, 5) is 42.6. The fourth-order valence-electron chi connectivity index (χ4n) is 4.19. The number of nitrogens with one attached hydrogen (secondary N) is 2. The van der Waals surface area contributed by atoms with Gasteiger partial charge in [-0.1, -0.05) is 13.8 Å². The summed E-state index contributed by atoms with van der Waals surface area (Å²) < 4.78 is 60.3. The van der Waals surface area contributed by atoms with E-state index in [2.05, 4.69) is 30.0 Å². The number of hydrogen-bond donors (Lipinski definition) is 2. The number of carbonyl (C=O) groups is 1. The summed E-state index contributed by atoms with van der Waals surface area (Å²) in [6, 6.07) is 6.06. The maximum Gasteiger partial charge on any atom is 0.491 e. The van der Waals surface area contributed by atoms with Crippen molar-refractivity contribution < 1.29 is 36.9 Å². The highest BCUT2D eigenvalue weighted by atomic mass is 19.4. The predicted octanol–water partition coefficient (Wildman–Crippen LogP) is 4.12. The second-order valence-corrected chi connectivity index (χ2v) is 8.95. The molecule has 0 bridgehead atoms. The van der Waals surface area contributed by atoms with Gasteiger partial charge in [0.1, 0.15) is 29.0 Å². The number of halogens is 3. The number of hydrogen-bond acceptors (Lipinski definition) is 11. The van der Waals surface area contributed by atoms with Gasteiger partial charge in [-0.15, -0.1) is 0 Å². The Hall–Kier alpha value is -4.66. The molecule has 15 heteroatoms. The minimum Gasteiger partial charge on any atom is -0.497 e. The molecule has 0 fully saturated rings. The van der Waals surface area contributed by atoms with E-state index in [9.17, 15) is 22.8 Å². The molecule has 0 saturated heterocycles. The third-order valence-corrected chi connectivity index (χ3v) is 6.39. The number of likely N-dealkylation sites (N-methyl/N-ethyl adjacent to an activating group) is 1. The van der Waals surface area contributed by atoms with Crippen LogP contribution in [0.5, 0.6) is 23.0 Å². The highest BCUT2D eigenvalue weighted by molar-refractivity contribution is 5.92. The van der Waals surface area contributed by atoms with E-state index < -0.39 is 28.8 Å². The number of nitrogens with zero attached hydrogens (tertiary/aromatic N) is 4. The monoisotopic (exact) mass is 590 g/mol. The van der Waals surface area contributed by atoms with Crippen LogP contribution in [0.2, 0.25) is 0 Å². The Morgan fingerprint density at radius 2 is 1.79 bits per heavy atom. The van der Waals surface area contributed by atoms with Crippen molar-refractivity contribution >= 4 is 39.7 Å². The number of carbonyl (C=O) groups excluding carboxylic acids is 1. The number of aromatic nitrogens is 4. The Kier molecular flexibility index (Phi) is 8.99. The molecule has 4 aromatic rings. The lowest BCUT2D eigenvalue weighted by Gasteiger charge is -2.19. The van der Waals surface area contributed by atoms with Gasteiger partial charge >= 0.3 is 12.1 Å². The lowest BCUT2D eigenvalue weighted by atomic mass is 10.1. The van der Waals surface area contributed by atoms with Crippen LogP contribution >= 0.6 is 0 Å². The number of H-pyrrole nitrogens is 1. The van der Waals surface area contributed by atoms with E-state index >= 15 is 0 Å². The van der Waals surface area contributed by atoms with Gasteiger partial charge in [-0.05, 0) is 38.2 Å². The van der Waals surface area contributed by atoms with Crippen LogP contribution in [0.1, 0.15) is 19.5 Å². The number of fused-ring (bicyclic) bond motifs is 2. The van der Waals surface area contributed by atoms with Crippen molar-refractivity contribution in [2.24, 2.45) is 0 Å². The number of ether oxygens (including phenoxy) is 4. The van der Waals surface area contributed by atoms with Crippen LogP contribution in [0, 0.1) is 6.92 Å². The summed E-state index contributed by atoms with van der Waals surface area (Å²) in [5.74, 6) is -2.49. The molecule has 0 unspecified atom stereocenters. The second kappa shape index (κ2) is 12.5. The molecule has 0 amide bonds. The summed E-state index contributed by atoms with van der Waals surface area (Å²) >= 11 is 0. The maximum absolute atomic E-state index is 13.2. The van der Waals surface area contributed by atoms with Gasteiger partial charge in [0.25, 0.3) is 5.56 Å². The first-order valence-electron chi connectivity index (χ1n) is 12.9. The molecule has 2 N–H and O–H groups in total. The Balaban J connectivity index is 1.74. The zero-order valence-corrected chi connectivity index (χ0v) is 23.5. The summed E-state index contributed by atoms with van der Waals surface area (Å²) in [7, 11) is 3.00. The first-order chi connectivity index (χ1) is 20.0. The number of aromatic amines is 1. The third kappa shape index (κ3) is 6.46. The number of alkyl halides is 3. The van der Waals surface area contributed by atoms with Gasteiger partial charge in [-0.2, -0.15) is 13.2 Å². The minimum absolute atomic E-state index is 0.0612. The smallest absolute Gasteiger partial charge is 0.491 e. The molecule has 2 aromatic carbocycles. The number of aryl methyl sites for hydroxylation is 1. The lowest BCUT2D eigenvalue weighted by molar-refractivity contribution is -0.189. The van der Waals surface area contributed by atoms with E-state index in [-0.39, 0.29) is 29.8 Å². The predicted molar refractivity (Wildman–Crippen MR) is 148 cm³/mol. The molecule has 0 aliphatic heterocycles. The van der Waals surface area contributed by atoms with Crippen LogP contribution in [0.3, 0.4) is 0 Å². The van der Waals surface area contributed by atoms with Crippen molar-refractivity contribution in [2.75, 3.05) is 45.8 Å². The Morgan fingerprint density at radius 1 is 1.05 bits per heavy atom. The average molecular weight is 591 g/mol. The molecule has 0 aliphatic rings. The van der Waals surface area contributed by atoms with Crippen LogP contribution in [0.4, 0.5) is 25.1 Å². The molecule has 0 saturated carbocycles. The molecule has 0 aliphatic carbocycles. The molecule has 4 rings (SSSR count). The number of rotatable bonds is 11. The number of anilines is 2. The zero-order valence-electron chi connectivity index (χ0n) is 23.5. The molecule has 224 valence electrons. The highest BCUT2D eigenvalue weighted by Crippen LogP contribution is 2.36. The Bertz CT molecular complexity index is 1670. The Morgan fingerprint density at radius 3 is 2.43 bits per heavy atom. The van der Waals surface area contributed by atoms with E-state index in [1.807, 2.05) is 18.7 Å². The van der Waals surface area contributed by atoms with Crippen LogP contribution < -0.4 is 29.8 Å². The van der Waals surface area contributed by atoms with E-state index in [1.54, 1.807) is 19.1 Å². The zero-order chi connectivity index (χ0) is 30.6. The summed E-state index contributed by atoms with van der Waals surface area (Å²) in [6.45, 7) is 7.63. The maximum atomic E-state index is 13.2. The first kappa shape index (κ1) is 30.3. The van der Waals surface area contributed by atoms with Crippen molar-refractivity contribution in [1.82, 2.24) is 24.8 Å². The van der Waals surface area contributed by atoms with Gasteiger partial charge < -0.3 is 23.8 Å². The average Bonchev–Trinajstić information content (AvgIpc) is 2.95. The summed E-state index contributed by atoms with van der Waals surface area (Å²) in [5.41, 5.74) is 0.0728. The normalized spacial score (nSPS) is 11.6. The molecule has 12 nitrogen and oxygen atoms in total. The van der Waals surface area contributed by atoms with Crippen LogP contribution in [-0.2, 0) is 4.79 Å². The fourth-order valence-corrected chi connectivity index (χ4v) is 4.19. The van der Waals surface area contributed by atoms with Gasteiger partial charge in [-0.3, -0.25) is 15.1 Å². The van der Waals surface area contributed by atoms with E-state index in [0.717, 1.165) is 13.1 Å². The highest BCUT2D eigenvalue weighted by Gasteiger charge is 2.42. The minimum atomic E-state index is -5.31. The van der Waals surface area contributed by atoms with Crippen molar-refractivity contribution in [3.63, 3.8) is 0 Å². The first-order valence-corrected chi connectivity index (χ1v) is 12.9. The SMILES string of the molecule is CCN(CC)CCOc1ccc2nc(Nc3nc(C)c4cc(OC)cc(OC)c4n3)[nH]c(=O)c2c1OC(=O)C(F)(F)F. The van der Waals surface area contributed by atoms with Crippen molar-refractivity contribution in [2.45, 2.75) is 26.9 Å². The van der Waals surface area contributed by atoms with E-state index in [1.165, 1.54) is 26.4 Å². The van der Waals surface area contributed by atoms with Gasteiger partial charge in [-0.25, -0.2) is 19.7 Å². The topological polar surface area (TPSA) is 141 Å². The molecule has 2 heterocycles. The van der Waals surface area contributed by atoms with Gasteiger partial charge in [0.05, 0.1) is 25.4 Å². The quantitative estimate of drug-likeness (QED) is 0.192. The molecule has 0 spiro atoms. The molecule has 2 aromatic heterocycles. The van der Waals surface area contributed by atoms with Crippen molar-refractivity contribution in [1.29, 1.82) is 0 Å². The molecular weight excluding hydrogens is 561 g/mol. The number of esters is 1.